The maximum Gasteiger partial charge on any atom is 0.202 e. The molecule has 1 N–H and O–H groups in total. The van der Waals surface area contributed by atoms with Crippen LogP contribution in [0.4, 0.5) is 0 Å². The molecular weight excluding hydrogens is 162 g/mol. The summed E-state index contributed by atoms with van der Waals surface area (Å²) in [7, 11) is 0. The molecule has 0 aliphatic rings. The van der Waals surface area contributed by atoms with Gasteiger partial charge in [0.25, 0.3) is 0 Å². The standard InChI is InChI=1S/C8H8ClNO/c9-6-8(10)11-7-4-2-1-3-5-7/h1-5,10H,6H2. The minimum atomic E-state index is 0.0675. The molecule has 58 valence electrons. The Labute approximate surface area is 70.3 Å². The van der Waals surface area contributed by atoms with Gasteiger partial charge in [-0.15, -0.1) is 11.6 Å². The van der Waals surface area contributed by atoms with Gasteiger partial charge < -0.3 is 4.74 Å². The molecule has 0 saturated carbocycles. The summed E-state index contributed by atoms with van der Waals surface area (Å²) in [4.78, 5) is 0. The molecule has 1 rings (SSSR count). The fraction of sp³-hybridized carbons (Fsp3) is 0.125. The van der Waals surface area contributed by atoms with Crippen LogP contribution < -0.4 is 4.74 Å². The largest absolute Gasteiger partial charge is 0.442 e. The van der Waals surface area contributed by atoms with Crippen LogP contribution in [0.1, 0.15) is 0 Å². The second-order valence-corrected chi connectivity index (χ2v) is 2.24. The van der Waals surface area contributed by atoms with E-state index in [1.807, 2.05) is 18.2 Å². The number of hydrogen-bond acceptors (Lipinski definition) is 2. The number of benzene rings is 1. The molecule has 0 unspecified atom stereocenters. The molecule has 2 nitrogen and oxygen atoms in total. The number of ether oxygens (including phenoxy) is 1. The predicted octanol–water partition coefficient (Wildman–Crippen LogP) is 2.28. The van der Waals surface area contributed by atoms with Crippen LogP contribution in [0.3, 0.4) is 0 Å². The highest BCUT2D eigenvalue weighted by Gasteiger charge is 1.95. The Balaban J connectivity index is 2.58. The van der Waals surface area contributed by atoms with Gasteiger partial charge in [-0.1, -0.05) is 18.2 Å². The average Bonchev–Trinajstić information content (AvgIpc) is 2.06. The summed E-state index contributed by atoms with van der Waals surface area (Å²) >= 11 is 5.35. The second kappa shape index (κ2) is 3.98. The molecule has 0 saturated heterocycles. The van der Waals surface area contributed by atoms with Crippen LogP contribution in [0.5, 0.6) is 5.75 Å². The minimum absolute atomic E-state index is 0.0675. The third-order valence-corrected chi connectivity index (χ3v) is 1.35. The van der Waals surface area contributed by atoms with Crippen LogP contribution in [0.2, 0.25) is 0 Å². The Morgan fingerprint density at radius 1 is 1.36 bits per heavy atom. The van der Waals surface area contributed by atoms with E-state index in [-0.39, 0.29) is 11.8 Å². The lowest BCUT2D eigenvalue weighted by Crippen LogP contribution is -2.07. The molecule has 0 fully saturated rings. The van der Waals surface area contributed by atoms with Gasteiger partial charge in [-0.2, -0.15) is 0 Å². The maximum atomic E-state index is 7.12. The van der Waals surface area contributed by atoms with Gasteiger partial charge in [-0.05, 0) is 12.1 Å². The zero-order valence-corrected chi connectivity index (χ0v) is 6.64. The van der Waals surface area contributed by atoms with Crippen LogP contribution in [-0.2, 0) is 0 Å². The number of rotatable bonds is 2. The van der Waals surface area contributed by atoms with Crippen molar-refractivity contribution in [3.63, 3.8) is 0 Å². The molecule has 0 atom stereocenters. The first-order chi connectivity index (χ1) is 5.33. The van der Waals surface area contributed by atoms with Crippen molar-refractivity contribution >= 4 is 17.5 Å². The van der Waals surface area contributed by atoms with Gasteiger partial charge in [0, 0.05) is 0 Å². The van der Waals surface area contributed by atoms with Crippen LogP contribution in [0.15, 0.2) is 30.3 Å². The van der Waals surface area contributed by atoms with Gasteiger partial charge in [0.1, 0.15) is 5.75 Å². The fourth-order valence-electron chi connectivity index (χ4n) is 0.658. The molecule has 0 aliphatic heterocycles. The summed E-state index contributed by atoms with van der Waals surface area (Å²) in [6.45, 7) is 0. The number of halogens is 1. The zero-order chi connectivity index (χ0) is 8.10. The van der Waals surface area contributed by atoms with Crippen molar-refractivity contribution in [2.45, 2.75) is 0 Å². The number of alkyl halides is 1. The lowest BCUT2D eigenvalue weighted by Gasteiger charge is -2.02. The number of para-hydroxylation sites is 1. The summed E-state index contributed by atoms with van der Waals surface area (Å²) in [6, 6.07) is 9.13. The molecule has 0 heterocycles. The summed E-state index contributed by atoms with van der Waals surface area (Å²) in [5.41, 5.74) is 0. The molecule has 0 spiro atoms. The van der Waals surface area contributed by atoms with Crippen molar-refractivity contribution in [1.82, 2.24) is 0 Å². The van der Waals surface area contributed by atoms with E-state index in [1.165, 1.54) is 0 Å². The van der Waals surface area contributed by atoms with Crippen LogP contribution in [0, 0.1) is 5.41 Å². The highest BCUT2D eigenvalue weighted by Crippen LogP contribution is 2.08. The first kappa shape index (κ1) is 8.08. The molecular formula is C8H8ClNO. The zero-order valence-electron chi connectivity index (χ0n) is 5.88. The minimum Gasteiger partial charge on any atom is -0.442 e. The molecule has 1 aromatic rings. The van der Waals surface area contributed by atoms with Crippen molar-refractivity contribution in [2.75, 3.05) is 5.88 Å². The second-order valence-electron chi connectivity index (χ2n) is 1.97. The van der Waals surface area contributed by atoms with Crippen LogP contribution in [0.25, 0.3) is 0 Å². The number of hydrogen-bond donors (Lipinski definition) is 1. The SMILES string of the molecule is N=C(CCl)Oc1ccccc1. The molecule has 0 aromatic heterocycles. The van der Waals surface area contributed by atoms with Gasteiger partial charge >= 0.3 is 0 Å². The normalized spacial score (nSPS) is 9.18. The van der Waals surface area contributed by atoms with Crippen molar-refractivity contribution in [2.24, 2.45) is 0 Å². The van der Waals surface area contributed by atoms with Crippen molar-refractivity contribution in [3.05, 3.63) is 30.3 Å². The number of nitrogens with one attached hydrogen (secondary N) is 1. The van der Waals surface area contributed by atoms with Gasteiger partial charge in [0.15, 0.2) is 0 Å². The Hall–Kier alpha value is -1.02. The Bertz CT molecular complexity index is 235. The van der Waals surface area contributed by atoms with Crippen molar-refractivity contribution in [3.8, 4) is 5.75 Å². The van der Waals surface area contributed by atoms with Gasteiger partial charge in [0.05, 0.1) is 5.88 Å². The lowest BCUT2D eigenvalue weighted by molar-refractivity contribution is 0.542. The molecule has 0 radical (unpaired) electrons. The summed E-state index contributed by atoms with van der Waals surface area (Å²) in [6.07, 6.45) is 0. The van der Waals surface area contributed by atoms with Gasteiger partial charge in [0.2, 0.25) is 5.90 Å². The highest BCUT2D eigenvalue weighted by atomic mass is 35.5. The highest BCUT2D eigenvalue weighted by molar-refractivity contribution is 6.27. The molecule has 0 amide bonds. The third-order valence-electron chi connectivity index (χ3n) is 1.11. The molecule has 11 heavy (non-hydrogen) atoms. The van der Waals surface area contributed by atoms with E-state index in [1.54, 1.807) is 12.1 Å². The molecule has 0 bridgehead atoms. The van der Waals surface area contributed by atoms with Crippen molar-refractivity contribution in [1.29, 1.82) is 5.41 Å². The third kappa shape index (κ3) is 2.60. The van der Waals surface area contributed by atoms with E-state index in [2.05, 4.69) is 0 Å². The van der Waals surface area contributed by atoms with Gasteiger partial charge in [-0.25, -0.2) is 0 Å². The Morgan fingerprint density at radius 3 is 2.55 bits per heavy atom. The summed E-state index contributed by atoms with van der Waals surface area (Å²) < 4.78 is 5.01. The van der Waals surface area contributed by atoms with E-state index in [0.717, 1.165) is 0 Å². The monoisotopic (exact) mass is 169 g/mol. The topological polar surface area (TPSA) is 33.1 Å². The fourth-order valence-corrected chi connectivity index (χ4v) is 0.713. The molecule has 3 heteroatoms. The smallest absolute Gasteiger partial charge is 0.202 e. The predicted molar refractivity (Wildman–Crippen MR) is 45.5 cm³/mol. The Kier molecular flexibility index (Phi) is 2.93. The maximum absolute atomic E-state index is 7.12. The van der Waals surface area contributed by atoms with E-state index in [4.69, 9.17) is 21.7 Å². The quantitative estimate of drug-likeness (QED) is 0.411. The summed E-state index contributed by atoms with van der Waals surface area (Å²) in [5.74, 6) is 0.825. The molecule has 1 aromatic carbocycles. The van der Waals surface area contributed by atoms with E-state index in [9.17, 15) is 0 Å². The summed E-state index contributed by atoms with van der Waals surface area (Å²) in [5, 5.41) is 7.12. The van der Waals surface area contributed by atoms with Crippen molar-refractivity contribution < 1.29 is 4.74 Å². The van der Waals surface area contributed by atoms with Gasteiger partial charge in [-0.3, -0.25) is 5.41 Å². The molecule has 0 aliphatic carbocycles. The van der Waals surface area contributed by atoms with E-state index in [0.29, 0.717) is 5.75 Å². The van der Waals surface area contributed by atoms with Crippen LogP contribution in [-0.4, -0.2) is 11.8 Å². The average molecular weight is 170 g/mol. The van der Waals surface area contributed by atoms with E-state index >= 15 is 0 Å². The Morgan fingerprint density at radius 2 is 2.00 bits per heavy atom. The van der Waals surface area contributed by atoms with E-state index < -0.39 is 0 Å². The first-order valence-corrected chi connectivity index (χ1v) is 3.72. The lowest BCUT2D eigenvalue weighted by atomic mass is 10.3. The first-order valence-electron chi connectivity index (χ1n) is 3.19. The van der Waals surface area contributed by atoms with Crippen LogP contribution >= 0.6 is 11.6 Å².